The smallest absolute Gasteiger partial charge is 0.253 e. The van der Waals surface area contributed by atoms with E-state index < -0.39 is 0 Å². The Labute approximate surface area is 175 Å². The van der Waals surface area contributed by atoms with Crippen LogP contribution in [0.4, 0.5) is 0 Å². The Hall–Kier alpha value is -3.41. The van der Waals surface area contributed by atoms with Crippen LogP contribution < -0.4 is 5.32 Å². The number of pyridine rings is 1. The molecule has 1 aromatic carbocycles. The second-order valence-electron chi connectivity index (χ2n) is 7.59. The van der Waals surface area contributed by atoms with Crippen LogP contribution in [0.3, 0.4) is 0 Å². The van der Waals surface area contributed by atoms with Crippen LogP contribution in [0.15, 0.2) is 65.2 Å². The molecular formula is C24H25N3O3. The number of hydrogen-bond donors (Lipinski definition) is 1. The minimum Gasteiger partial charge on any atom is -0.465 e. The molecule has 1 saturated heterocycles. The standard InChI is InChI=1S/C24H25N3O3/c1-17-7-8-21(30-17)16-26-23(28)19-10-13-27(14-11-19)24(29)20-9-12-25-22(15-20)18-5-3-2-4-6-18/h2-9,12,15,19H,10-11,13-14,16H2,1H3,(H,26,28). The lowest BCUT2D eigenvalue weighted by Gasteiger charge is -2.31. The van der Waals surface area contributed by atoms with E-state index in [1.54, 1.807) is 12.3 Å². The monoisotopic (exact) mass is 403 g/mol. The largest absolute Gasteiger partial charge is 0.465 e. The van der Waals surface area contributed by atoms with Crippen LogP contribution in [0.2, 0.25) is 0 Å². The average molecular weight is 403 g/mol. The van der Waals surface area contributed by atoms with E-state index in [1.165, 1.54) is 0 Å². The summed E-state index contributed by atoms with van der Waals surface area (Å²) in [6.07, 6.45) is 2.99. The fraction of sp³-hybridized carbons (Fsp3) is 0.292. The molecule has 1 aliphatic heterocycles. The zero-order valence-electron chi connectivity index (χ0n) is 17.0. The maximum absolute atomic E-state index is 13.0. The van der Waals surface area contributed by atoms with Gasteiger partial charge in [0, 0.05) is 36.3 Å². The van der Waals surface area contributed by atoms with E-state index >= 15 is 0 Å². The van der Waals surface area contributed by atoms with E-state index in [0.29, 0.717) is 38.0 Å². The first-order chi connectivity index (χ1) is 14.6. The summed E-state index contributed by atoms with van der Waals surface area (Å²) in [5.41, 5.74) is 2.39. The molecule has 0 bridgehead atoms. The molecule has 3 aromatic rings. The average Bonchev–Trinajstić information content (AvgIpc) is 3.23. The van der Waals surface area contributed by atoms with Gasteiger partial charge in [0.2, 0.25) is 5.91 Å². The molecule has 154 valence electrons. The van der Waals surface area contributed by atoms with Gasteiger partial charge in [-0.1, -0.05) is 30.3 Å². The van der Waals surface area contributed by atoms with E-state index in [2.05, 4.69) is 10.3 Å². The van der Waals surface area contributed by atoms with Crippen molar-refractivity contribution in [1.29, 1.82) is 0 Å². The highest BCUT2D eigenvalue weighted by Crippen LogP contribution is 2.22. The Morgan fingerprint density at radius 3 is 2.57 bits per heavy atom. The maximum Gasteiger partial charge on any atom is 0.253 e. The zero-order valence-corrected chi connectivity index (χ0v) is 17.0. The number of piperidine rings is 1. The number of amides is 2. The molecule has 0 saturated carbocycles. The van der Waals surface area contributed by atoms with E-state index in [1.807, 2.05) is 60.4 Å². The van der Waals surface area contributed by atoms with Gasteiger partial charge in [-0.15, -0.1) is 0 Å². The summed E-state index contributed by atoms with van der Waals surface area (Å²) < 4.78 is 5.49. The summed E-state index contributed by atoms with van der Waals surface area (Å²) in [6, 6.07) is 17.1. The van der Waals surface area contributed by atoms with Crippen molar-refractivity contribution in [2.24, 2.45) is 5.92 Å². The number of hydrogen-bond acceptors (Lipinski definition) is 4. The highest BCUT2D eigenvalue weighted by molar-refractivity contribution is 5.95. The van der Waals surface area contributed by atoms with Crippen molar-refractivity contribution in [2.75, 3.05) is 13.1 Å². The molecular weight excluding hydrogens is 378 g/mol. The first kappa shape index (κ1) is 19.9. The molecule has 0 aliphatic carbocycles. The van der Waals surface area contributed by atoms with Gasteiger partial charge in [0.05, 0.1) is 12.2 Å². The summed E-state index contributed by atoms with van der Waals surface area (Å²) >= 11 is 0. The molecule has 0 unspecified atom stereocenters. The van der Waals surface area contributed by atoms with Crippen LogP contribution in [-0.4, -0.2) is 34.8 Å². The number of nitrogens with zero attached hydrogens (tertiary/aromatic N) is 2. The van der Waals surface area contributed by atoms with E-state index in [0.717, 1.165) is 22.8 Å². The second kappa shape index (κ2) is 8.95. The number of likely N-dealkylation sites (tertiary alicyclic amines) is 1. The number of nitrogens with one attached hydrogen (secondary N) is 1. The van der Waals surface area contributed by atoms with Crippen LogP contribution in [0.25, 0.3) is 11.3 Å². The van der Waals surface area contributed by atoms with Crippen LogP contribution >= 0.6 is 0 Å². The summed E-state index contributed by atoms with van der Waals surface area (Å²) in [6.45, 7) is 3.41. The fourth-order valence-electron chi connectivity index (χ4n) is 3.76. The third-order valence-electron chi connectivity index (χ3n) is 5.46. The fourth-order valence-corrected chi connectivity index (χ4v) is 3.76. The zero-order chi connectivity index (χ0) is 20.9. The van der Waals surface area contributed by atoms with Crippen molar-refractivity contribution in [3.8, 4) is 11.3 Å². The van der Waals surface area contributed by atoms with Crippen molar-refractivity contribution in [2.45, 2.75) is 26.3 Å². The summed E-state index contributed by atoms with van der Waals surface area (Å²) in [7, 11) is 0. The van der Waals surface area contributed by atoms with E-state index in [9.17, 15) is 9.59 Å². The first-order valence-electron chi connectivity index (χ1n) is 10.2. The van der Waals surface area contributed by atoms with Crippen LogP contribution in [0.5, 0.6) is 0 Å². The van der Waals surface area contributed by atoms with Crippen molar-refractivity contribution in [1.82, 2.24) is 15.2 Å². The number of rotatable bonds is 5. The molecule has 6 nitrogen and oxygen atoms in total. The molecule has 0 atom stereocenters. The van der Waals surface area contributed by atoms with Gasteiger partial charge in [0.25, 0.3) is 5.91 Å². The Kier molecular flexibility index (Phi) is 5.93. The van der Waals surface area contributed by atoms with Gasteiger partial charge in [-0.2, -0.15) is 0 Å². The summed E-state index contributed by atoms with van der Waals surface area (Å²) in [5.74, 6) is 1.51. The van der Waals surface area contributed by atoms with Crippen LogP contribution in [-0.2, 0) is 11.3 Å². The molecule has 0 spiro atoms. The third-order valence-corrected chi connectivity index (χ3v) is 5.46. The number of aromatic nitrogens is 1. The number of carbonyl (C=O) groups excluding carboxylic acids is 2. The summed E-state index contributed by atoms with van der Waals surface area (Å²) in [4.78, 5) is 31.6. The number of benzene rings is 1. The topological polar surface area (TPSA) is 75.4 Å². The van der Waals surface area contributed by atoms with Gasteiger partial charge in [0.15, 0.2) is 0 Å². The molecule has 0 radical (unpaired) electrons. The van der Waals surface area contributed by atoms with E-state index in [4.69, 9.17) is 4.42 Å². The summed E-state index contributed by atoms with van der Waals surface area (Å²) in [5, 5.41) is 2.94. The maximum atomic E-state index is 13.0. The highest BCUT2D eigenvalue weighted by Gasteiger charge is 2.28. The molecule has 6 heteroatoms. The molecule has 2 aromatic heterocycles. The van der Waals surface area contributed by atoms with Crippen molar-refractivity contribution >= 4 is 11.8 Å². The van der Waals surface area contributed by atoms with Crippen molar-refractivity contribution in [3.05, 3.63) is 77.9 Å². The Morgan fingerprint density at radius 1 is 1.10 bits per heavy atom. The van der Waals surface area contributed by atoms with Gasteiger partial charge in [-0.3, -0.25) is 14.6 Å². The number of carbonyl (C=O) groups is 2. The minimum atomic E-state index is -0.0811. The molecule has 30 heavy (non-hydrogen) atoms. The molecule has 1 fully saturated rings. The first-order valence-corrected chi connectivity index (χ1v) is 10.2. The highest BCUT2D eigenvalue weighted by atomic mass is 16.3. The van der Waals surface area contributed by atoms with Gasteiger partial charge in [0.1, 0.15) is 11.5 Å². The number of aryl methyl sites for hydroxylation is 1. The van der Waals surface area contributed by atoms with Crippen LogP contribution in [0, 0.1) is 12.8 Å². The molecule has 2 amide bonds. The quantitative estimate of drug-likeness (QED) is 0.703. The SMILES string of the molecule is Cc1ccc(CNC(=O)C2CCN(C(=O)c3ccnc(-c4ccccc4)c3)CC2)o1. The molecule has 3 heterocycles. The van der Waals surface area contributed by atoms with Gasteiger partial charge >= 0.3 is 0 Å². The van der Waals surface area contributed by atoms with E-state index in [-0.39, 0.29) is 17.7 Å². The predicted molar refractivity (Wildman–Crippen MR) is 114 cm³/mol. The minimum absolute atomic E-state index is 0.0144. The van der Waals surface area contributed by atoms with Crippen LogP contribution in [0.1, 0.15) is 34.7 Å². The van der Waals surface area contributed by atoms with Crippen molar-refractivity contribution < 1.29 is 14.0 Å². The Bertz CT molecular complexity index is 1020. The Balaban J connectivity index is 1.32. The lowest BCUT2D eigenvalue weighted by atomic mass is 9.95. The predicted octanol–water partition coefficient (Wildman–Crippen LogP) is 3.82. The van der Waals surface area contributed by atoms with Gasteiger partial charge in [-0.25, -0.2) is 0 Å². The molecule has 1 N–H and O–H groups in total. The molecule has 1 aliphatic rings. The molecule has 4 rings (SSSR count). The number of furan rings is 1. The lowest BCUT2D eigenvalue weighted by Crippen LogP contribution is -2.42. The van der Waals surface area contributed by atoms with Gasteiger partial charge < -0.3 is 14.6 Å². The second-order valence-corrected chi connectivity index (χ2v) is 7.59. The van der Waals surface area contributed by atoms with Crippen molar-refractivity contribution in [3.63, 3.8) is 0 Å². The lowest BCUT2D eigenvalue weighted by molar-refractivity contribution is -0.126. The Morgan fingerprint density at radius 2 is 1.87 bits per heavy atom. The third kappa shape index (κ3) is 4.59. The normalized spacial score (nSPS) is 14.5. The van der Waals surface area contributed by atoms with Gasteiger partial charge in [-0.05, 0) is 44.0 Å².